The molecule has 206 valence electrons. The van der Waals surface area contributed by atoms with E-state index >= 15 is 0 Å². The molecule has 0 atom stereocenters. The summed E-state index contributed by atoms with van der Waals surface area (Å²) in [5.74, 6) is 0. The van der Waals surface area contributed by atoms with Gasteiger partial charge in [-0.1, -0.05) is 84.3 Å². The largest absolute Gasteiger partial charge is 0.456 e. The fourth-order valence-corrected chi connectivity index (χ4v) is 6.60. The minimum Gasteiger partial charge on any atom is -0.456 e. The molecule has 0 radical (unpaired) electrons. The van der Waals surface area contributed by atoms with Crippen molar-refractivity contribution >= 4 is 50.6 Å². The number of anilines is 3. The lowest BCUT2D eigenvalue weighted by Gasteiger charge is -2.43. The van der Waals surface area contributed by atoms with Crippen molar-refractivity contribution in [1.29, 1.82) is 0 Å². The Morgan fingerprint density at radius 1 is 0.725 bits per heavy atom. The van der Waals surface area contributed by atoms with Gasteiger partial charge < -0.3 is 9.32 Å². The highest BCUT2D eigenvalue weighted by atomic mass is 35.5. The SMILES string of the molecule is Cc1cc2c(cc1N(c1cc(Cl)cc(C(C)(C)C)c1)c1ccc3c(c1)oc1ccccc13)C(C)(C)CCC2(C)C. The molecule has 40 heavy (non-hydrogen) atoms. The molecule has 0 N–H and O–H groups in total. The summed E-state index contributed by atoms with van der Waals surface area (Å²) in [7, 11) is 0. The number of nitrogens with zero attached hydrogens (tertiary/aromatic N) is 1. The molecule has 3 heteroatoms. The van der Waals surface area contributed by atoms with Gasteiger partial charge in [-0.3, -0.25) is 0 Å². The number of hydrogen-bond donors (Lipinski definition) is 0. The van der Waals surface area contributed by atoms with Gasteiger partial charge in [0.1, 0.15) is 11.2 Å². The summed E-state index contributed by atoms with van der Waals surface area (Å²) in [6.45, 7) is 18.5. The average Bonchev–Trinajstić information content (AvgIpc) is 3.25. The van der Waals surface area contributed by atoms with E-state index in [4.69, 9.17) is 16.0 Å². The van der Waals surface area contributed by atoms with Crippen LogP contribution in [0.15, 0.2) is 77.2 Å². The lowest BCUT2D eigenvalue weighted by Crippen LogP contribution is -2.34. The lowest BCUT2D eigenvalue weighted by molar-refractivity contribution is 0.332. The Labute approximate surface area is 244 Å². The summed E-state index contributed by atoms with van der Waals surface area (Å²) in [6.07, 6.45) is 2.37. The van der Waals surface area contributed by atoms with E-state index in [9.17, 15) is 0 Å². The molecular weight excluding hydrogens is 510 g/mol. The van der Waals surface area contributed by atoms with E-state index in [1.54, 1.807) is 0 Å². The van der Waals surface area contributed by atoms with Crippen molar-refractivity contribution in [2.24, 2.45) is 0 Å². The Kier molecular flexibility index (Phi) is 6.16. The Morgan fingerprint density at radius 2 is 1.38 bits per heavy atom. The van der Waals surface area contributed by atoms with Crippen LogP contribution in [-0.2, 0) is 16.2 Å². The number of fused-ring (bicyclic) bond motifs is 4. The number of rotatable bonds is 3. The summed E-state index contributed by atoms with van der Waals surface area (Å²) in [5.41, 5.74) is 10.7. The van der Waals surface area contributed by atoms with Crippen LogP contribution in [0.1, 0.15) is 83.6 Å². The fourth-order valence-electron chi connectivity index (χ4n) is 6.37. The average molecular weight is 550 g/mol. The van der Waals surface area contributed by atoms with E-state index < -0.39 is 0 Å². The standard InChI is InChI=1S/C37H40ClNO/c1-23-17-30-31(37(7,8)16-15-36(30,5)6)22-32(23)39(27-19-24(35(2,3)4)18-25(38)20-27)26-13-14-29-28-11-9-10-12-33(28)40-34(29)21-26/h9-14,17-22H,15-16H2,1-8H3. The van der Waals surface area contributed by atoms with Crippen LogP contribution in [-0.4, -0.2) is 0 Å². The molecular formula is C37H40ClNO. The summed E-state index contributed by atoms with van der Waals surface area (Å²) in [5, 5.41) is 3.02. The molecule has 5 aromatic rings. The highest BCUT2D eigenvalue weighted by molar-refractivity contribution is 6.31. The molecule has 0 aliphatic heterocycles. The van der Waals surface area contributed by atoms with Gasteiger partial charge in [-0.25, -0.2) is 0 Å². The van der Waals surface area contributed by atoms with Crippen molar-refractivity contribution in [3.05, 3.63) is 100 Å². The second-order valence-corrected chi connectivity index (χ2v) is 14.5. The van der Waals surface area contributed by atoms with Crippen LogP contribution in [0.25, 0.3) is 21.9 Å². The van der Waals surface area contributed by atoms with Crippen molar-refractivity contribution in [2.45, 2.75) is 84.5 Å². The van der Waals surface area contributed by atoms with E-state index in [2.05, 4.69) is 121 Å². The third-order valence-electron chi connectivity index (χ3n) is 9.04. The van der Waals surface area contributed by atoms with Gasteiger partial charge in [0.15, 0.2) is 0 Å². The van der Waals surface area contributed by atoms with Crippen molar-refractivity contribution in [3.8, 4) is 0 Å². The maximum atomic E-state index is 6.82. The highest BCUT2D eigenvalue weighted by Crippen LogP contribution is 2.50. The number of halogens is 1. The third kappa shape index (κ3) is 4.51. The van der Waals surface area contributed by atoms with Crippen molar-refractivity contribution in [3.63, 3.8) is 0 Å². The van der Waals surface area contributed by atoms with Crippen molar-refractivity contribution in [1.82, 2.24) is 0 Å². The van der Waals surface area contributed by atoms with Gasteiger partial charge in [-0.05, 0) is 101 Å². The van der Waals surface area contributed by atoms with E-state index in [0.29, 0.717) is 0 Å². The molecule has 0 bridgehead atoms. The number of para-hydroxylation sites is 1. The lowest BCUT2D eigenvalue weighted by atomic mass is 9.63. The predicted octanol–water partition coefficient (Wildman–Crippen LogP) is 11.7. The Hall–Kier alpha value is -3.23. The van der Waals surface area contributed by atoms with E-state index in [1.807, 2.05) is 12.1 Å². The number of aryl methyl sites for hydroxylation is 1. The van der Waals surface area contributed by atoms with E-state index in [1.165, 1.54) is 40.8 Å². The quantitative estimate of drug-likeness (QED) is 0.222. The molecule has 1 aliphatic rings. The minimum atomic E-state index is -0.0368. The van der Waals surface area contributed by atoms with E-state index in [-0.39, 0.29) is 16.2 Å². The first-order valence-corrected chi connectivity index (χ1v) is 14.8. The van der Waals surface area contributed by atoms with E-state index in [0.717, 1.165) is 38.3 Å². The molecule has 4 aromatic carbocycles. The zero-order valence-corrected chi connectivity index (χ0v) is 25.8. The van der Waals surface area contributed by atoms with Crippen LogP contribution in [0, 0.1) is 6.92 Å². The first-order valence-electron chi connectivity index (χ1n) is 14.4. The molecule has 1 heterocycles. The topological polar surface area (TPSA) is 16.4 Å². The van der Waals surface area contributed by atoms with Gasteiger partial charge in [-0.15, -0.1) is 0 Å². The molecule has 0 saturated carbocycles. The van der Waals surface area contributed by atoms with Crippen molar-refractivity contribution in [2.75, 3.05) is 4.90 Å². The molecule has 0 fully saturated rings. The number of benzene rings is 4. The summed E-state index contributed by atoms with van der Waals surface area (Å²) in [6, 6.07) is 26.2. The number of hydrogen-bond acceptors (Lipinski definition) is 2. The normalized spacial score (nSPS) is 16.3. The zero-order chi connectivity index (χ0) is 28.6. The van der Waals surface area contributed by atoms with Gasteiger partial charge >= 0.3 is 0 Å². The monoisotopic (exact) mass is 549 g/mol. The van der Waals surface area contributed by atoms with Crippen molar-refractivity contribution < 1.29 is 4.42 Å². The van der Waals surface area contributed by atoms with Crippen LogP contribution in [0.5, 0.6) is 0 Å². The highest BCUT2D eigenvalue weighted by Gasteiger charge is 2.38. The molecule has 1 aliphatic carbocycles. The minimum absolute atomic E-state index is 0.0368. The molecule has 1 aromatic heterocycles. The summed E-state index contributed by atoms with van der Waals surface area (Å²) in [4.78, 5) is 2.38. The van der Waals surface area contributed by atoms with Crippen LogP contribution < -0.4 is 4.90 Å². The second-order valence-electron chi connectivity index (χ2n) is 14.0. The van der Waals surface area contributed by atoms with Gasteiger partial charge in [0.25, 0.3) is 0 Å². The maximum absolute atomic E-state index is 6.82. The second kappa shape index (κ2) is 9.14. The van der Waals surface area contributed by atoms with Gasteiger partial charge in [0.05, 0.1) is 0 Å². The molecule has 0 spiro atoms. The fraction of sp³-hybridized carbons (Fsp3) is 0.351. The molecule has 6 rings (SSSR count). The Morgan fingerprint density at radius 3 is 2.08 bits per heavy atom. The molecule has 0 saturated heterocycles. The van der Waals surface area contributed by atoms with Gasteiger partial charge in [0, 0.05) is 38.9 Å². The molecule has 2 nitrogen and oxygen atoms in total. The first kappa shape index (κ1) is 27.0. The van der Waals surface area contributed by atoms with Gasteiger partial charge in [-0.2, -0.15) is 0 Å². The van der Waals surface area contributed by atoms with Crippen LogP contribution >= 0.6 is 11.6 Å². The van der Waals surface area contributed by atoms with Crippen LogP contribution in [0.4, 0.5) is 17.1 Å². The summed E-state index contributed by atoms with van der Waals surface area (Å²) >= 11 is 6.82. The third-order valence-corrected chi connectivity index (χ3v) is 9.26. The first-order chi connectivity index (χ1) is 18.7. The smallest absolute Gasteiger partial charge is 0.137 e. The molecule has 0 amide bonds. The summed E-state index contributed by atoms with van der Waals surface area (Å²) < 4.78 is 6.35. The predicted molar refractivity (Wildman–Crippen MR) is 172 cm³/mol. The van der Waals surface area contributed by atoms with Gasteiger partial charge in [0.2, 0.25) is 0 Å². The number of furan rings is 1. The Bertz CT molecular complexity index is 1770. The zero-order valence-electron chi connectivity index (χ0n) is 25.1. The Balaban J connectivity index is 1.63. The van der Waals surface area contributed by atoms with Crippen LogP contribution in [0.2, 0.25) is 5.02 Å². The molecule has 0 unspecified atom stereocenters. The maximum Gasteiger partial charge on any atom is 0.137 e. The van der Waals surface area contributed by atoms with Crippen LogP contribution in [0.3, 0.4) is 0 Å².